The predicted octanol–water partition coefficient (Wildman–Crippen LogP) is 5.18. The maximum absolute atomic E-state index is 2.46. The SMILES string of the molecule is Cc1c2c(cc3c1ccc1ccccc13)CCCC2. The summed E-state index contributed by atoms with van der Waals surface area (Å²) in [6.45, 7) is 2.31. The molecule has 0 saturated heterocycles. The highest BCUT2D eigenvalue weighted by molar-refractivity contribution is 6.09. The van der Waals surface area contributed by atoms with Gasteiger partial charge in [-0.05, 0) is 70.8 Å². The summed E-state index contributed by atoms with van der Waals surface area (Å²) < 4.78 is 0. The number of rotatable bonds is 0. The van der Waals surface area contributed by atoms with E-state index in [1.165, 1.54) is 52.8 Å². The first kappa shape index (κ1) is 11.0. The summed E-state index contributed by atoms with van der Waals surface area (Å²) >= 11 is 0. The van der Waals surface area contributed by atoms with Gasteiger partial charge >= 0.3 is 0 Å². The molecule has 4 rings (SSSR count). The van der Waals surface area contributed by atoms with E-state index in [1.807, 2.05) is 0 Å². The van der Waals surface area contributed by atoms with Crippen LogP contribution in [-0.2, 0) is 12.8 Å². The molecule has 0 spiro atoms. The van der Waals surface area contributed by atoms with Crippen LogP contribution in [0.1, 0.15) is 29.5 Å². The zero-order valence-corrected chi connectivity index (χ0v) is 11.4. The van der Waals surface area contributed by atoms with Gasteiger partial charge in [0.2, 0.25) is 0 Å². The molecule has 0 atom stereocenters. The molecule has 0 amide bonds. The minimum Gasteiger partial charge on any atom is -0.0616 e. The molecule has 0 fully saturated rings. The Hall–Kier alpha value is -1.82. The fourth-order valence-electron chi connectivity index (χ4n) is 3.63. The van der Waals surface area contributed by atoms with Crippen molar-refractivity contribution in [2.75, 3.05) is 0 Å². The molecule has 0 unspecified atom stereocenters. The van der Waals surface area contributed by atoms with Crippen molar-refractivity contribution in [3.8, 4) is 0 Å². The van der Waals surface area contributed by atoms with Gasteiger partial charge in [-0.2, -0.15) is 0 Å². The molecule has 3 aromatic carbocycles. The second-order valence-corrected chi connectivity index (χ2v) is 5.73. The van der Waals surface area contributed by atoms with Gasteiger partial charge in [0.05, 0.1) is 0 Å². The molecular formula is C19H18. The Morgan fingerprint density at radius 2 is 1.63 bits per heavy atom. The molecule has 0 aliphatic heterocycles. The van der Waals surface area contributed by atoms with Crippen LogP contribution in [0.25, 0.3) is 21.5 Å². The van der Waals surface area contributed by atoms with Crippen molar-refractivity contribution in [2.45, 2.75) is 32.6 Å². The highest BCUT2D eigenvalue weighted by atomic mass is 14.2. The number of hydrogen-bond donors (Lipinski definition) is 0. The van der Waals surface area contributed by atoms with Crippen LogP contribution in [-0.4, -0.2) is 0 Å². The summed E-state index contributed by atoms with van der Waals surface area (Å²) in [6.07, 6.45) is 5.23. The van der Waals surface area contributed by atoms with Gasteiger partial charge in [-0.25, -0.2) is 0 Å². The predicted molar refractivity (Wildman–Crippen MR) is 82.8 cm³/mol. The quantitative estimate of drug-likeness (QED) is 0.479. The summed E-state index contributed by atoms with van der Waals surface area (Å²) in [5.74, 6) is 0. The Morgan fingerprint density at radius 1 is 0.789 bits per heavy atom. The summed E-state index contributed by atoms with van der Waals surface area (Å²) in [5, 5.41) is 5.64. The van der Waals surface area contributed by atoms with E-state index in [2.05, 4.69) is 49.4 Å². The second kappa shape index (κ2) is 4.09. The number of fused-ring (bicyclic) bond motifs is 4. The fraction of sp³-hybridized carbons (Fsp3) is 0.263. The van der Waals surface area contributed by atoms with Crippen LogP contribution in [0.3, 0.4) is 0 Å². The molecule has 0 aromatic heterocycles. The molecule has 0 heteroatoms. The number of aryl methyl sites for hydroxylation is 2. The lowest BCUT2D eigenvalue weighted by Crippen LogP contribution is -2.05. The minimum atomic E-state index is 1.26. The lowest BCUT2D eigenvalue weighted by Gasteiger charge is -2.20. The van der Waals surface area contributed by atoms with Crippen molar-refractivity contribution in [2.24, 2.45) is 0 Å². The van der Waals surface area contributed by atoms with E-state index in [0.29, 0.717) is 0 Å². The van der Waals surface area contributed by atoms with Crippen molar-refractivity contribution in [1.82, 2.24) is 0 Å². The third kappa shape index (κ3) is 1.59. The van der Waals surface area contributed by atoms with Gasteiger partial charge in [0.1, 0.15) is 0 Å². The van der Waals surface area contributed by atoms with Gasteiger partial charge in [-0.1, -0.05) is 42.5 Å². The standard InChI is InChI=1S/C19H18/c1-13-16-8-4-3-7-15(16)12-19-17(13)11-10-14-6-2-5-9-18(14)19/h2,5-6,9-12H,3-4,7-8H2,1H3. The first-order valence-corrected chi connectivity index (χ1v) is 7.27. The van der Waals surface area contributed by atoms with Crippen LogP contribution in [0.4, 0.5) is 0 Å². The summed E-state index contributed by atoms with van der Waals surface area (Å²) in [5.41, 5.74) is 4.72. The van der Waals surface area contributed by atoms with Gasteiger partial charge in [0, 0.05) is 0 Å². The first-order valence-electron chi connectivity index (χ1n) is 7.27. The molecule has 0 heterocycles. The number of hydrogen-bond acceptors (Lipinski definition) is 0. The van der Waals surface area contributed by atoms with Crippen LogP contribution >= 0.6 is 0 Å². The van der Waals surface area contributed by atoms with Crippen molar-refractivity contribution < 1.29 is 0 Å². The average Bonchev–Trinajstić information content (AvgIpc) is 2.47. The lowest BCUT2D eigenvalue weighted by atomic mass is 9.84. The molecule has 0 N–H and O–H groups in total. The van der Waals surface area contributed by atoms with E-state index in [-0.39, 0.29) is 0 Å². The van der Waals surface area contributed by atoms with Gasteiger partial charge in [0.25, 0.3) is 0 Å². The topological polar surface area (TPSA) is 0 Å². The number of benzene rings is 3. The minimum absolute atomic E-state index is 1.26. The van der Waals surface area contributed by atoms with Crippen LogP contribution < -0.4 is 0 Å². The maximum atomic E-state index is 2.46. The van der Waals surface area contributed by atoms with Crippen LogP contribution in [0, 0.1) is 6.92 Å². The van der Waals surface area contributed by atoms with Crippen molar-refractivity contribution in [1.29, 1.82) is 0 Å². The average molecular weight is 246 g/mol. The molecule has 0 bridgehead atoms. The van der Waals surface area contributed by atoms with E-state index in [9.17, 15) is 0 Å². The molecule has 19 heavy (non-hydrogen) atoms. The Labute approximate surface area is 114 Å². The molecule has 0 radical (unpaired) electrons. The summed E-state index contributed by atoms with van der Waals surface area (Å²) in [6, 6.07) is 15.8. The largest absolute Gasteiger partial charge is 0.0616 e. The van der Waals surface area contributed by atoms with Crippen molar-refractivity contribution in [3.05, 3.63) is 59.2 Å². The van der Waals surface area contributed by atoms with E-state index in [1.54, 1.807) is 11.1 Å². The third-order valence-corrected chi connectivity index (χ3v) is 4.66. The molecular weight excluding hydrogens is 228 g/mol. The Bertz CT molecular complexity index is 781. The monoisotopic (exact) mass is 246 g/mol. The zero-order chi connectivity index (χ0) is 12.8. The Balaban J connectivity index is 2.17. The normalized spacial score (nSPS) is 14.8. The second-order valence-electron chi connectivity index (χ2n) is 5.73. The van der Waals surface area contributed by atoms with Gasteiger partial charge in [0.15, 0.2) is 0 Å². The molecule has 0 nitrogen and oxygen atoms in total. The van der Waals surface area contributed by atoms with E-state index in [0.717, 1.165) is 0 Å². The smallest absolute Gasteiger partial charge is 0.00998 e. The van der Waals surface area contributed by atoms with E-state index in [4.69, 9.17) is 0 Å². The fourth-order valence-corrected chi connectivity index (χ4v) is 3.63. The van der Waals surface area contributed by atoms with E-state index < -0.39 is 0 Å². The highest BCUT2D eigenvalue weighted by Crippen LogP contribution is 2.34. The highest BCUT2D eigenvalue weighted by Gasteiger charge is 2.14. The summed E-state index contributed by atoms with van der Waals surface area (Å²) in [7, 11) is 0. The van der Waals surface area contributed by atoms with Crippen molar-refractivity contribution >= 4 is 21.5 Å². The van der Waals surface area contributed by atoms with Gasteiger partial charge in [-0.15, -0.1) is 0 Å². The molecule has 1 aliphatic carbocycles. The van der Waals surface area contributed by atoms with Crippen molar-refractivity contribution in [3.63, 3.8) is 0 Å². The van der Waals surface area contributed by atoms with E-state index >= 15 is 0 Å². The van der Waals surface area contributed by atoms with Crippen LogP contribution in [0.2, 0.25) is 0 Å². The van der Waals surface area contributed by atoms with Crippen LogP contribution in [0.5, 0.6) is 0 Å². The van der Waals surface area contributed by atoms with Gasteiger partial charge in [-0.3, -0.25) is 0 Å². The molecule has 94 valence electrons. The Kier molecular flexibility index (Phi) is 2.38. The lowest BCUT2D eigenvalue weighted by molar-refractivity contribution is 0.684. The molecule has 0 saturated carbocycles. The zero-order valence-electron chi connectivity index (χ0n) is 11.4. The summed E-state index contributed by atoms with van der Waals surface area (Å²) in [4.78, 5) is 0. The first-order chi connectivity index (χ1) is 9.34. The molecule has 3 aromatic rings. The third-order valence-electron chi connectivity index (χ3n) is 4.66. The molecule has 1 aliphatic rings. The maximum Gasteiger partial charge on any atom is -0.00998 e. The van der Waals surface area contributed by atoms with Gasteiger partial charge < -0.3 is 0 Å². The Morgan fingerprint density at radius 3 is 2.58 bits per heavy atom. The van der Waals surface area contributed by atoms with Crippen LogP contribution in [0.15, 0.2) is 42.5 Å².